The predicted octanol–water partition coefficient (Wildman–Crippen LogP) is 17.3. The van der Waals surface area contributed by atoms with E-state index in [4.69, 9.17) is 37.0 Å². The molecule has 0 aliphatic carbocycles. The van der Waals surface area contributed by atoms with Gasteiger partial charge in [0.05, 0.1) is 26.4 Å². The van der Waals surface area contributed by atoms with Gasteiger partial charge in [-0.25, -0.2) is 9.13 Å². The van der Waals surface area contributed by atoms with Gasteiger partial charge in [0, 0.05) is 25.7 Å². The van der Waals surface area contributed by atoms with Crippen LogP contribution < -0.4 is 0 Å². The first-order valence-corrected chi connectivity index (χ1v) is 36.0. The molecule has 5 atom stereocenters. The van der Waals surface area contributed by atoms with Crippen LogP contribution >= 0.6 is 15.6 Å². The van der Waals surface area contributed by atoms with Crippen molar-refractivity contribution in [3.63, 3.8) is 0 Å². The van der Waals surface area contributed by atoms with Crippen LogP contribution in [0, 0.1) is 11.8 Å². The van der Waals surface area contributed by atoms with Crippen LogP contribution in [0.4, 0.5) is 0 Å². The van der Waals surface area contributed by atoms with E-state index in [2.05, 4.69) is 41.5 Å². The Labute approximate surface area is 498 Å². The summed E-state index contributed by atoms with van der Waals surface area (Å²) in [6.45, 7) is 9.40. The van der Waals surface area contributed by atoms with E-state index in [-0.39, 0.29) is 25.7 Å². The summed E-state index contributed by atoms with van der Waals surface area (Å²) in [7, 11) is -9.88. The normalized spacial score (nSPS) is 14.3. The van der Waals surface area contributed by atoms with E-state index < -0.39 is 97.5 Å². The number of esters is 4. The fourth-order valence-corrected chi connectivity index (χ4v) is 10.9. The fraction of sp³-hybridized carbons (Fsp3) is 0.937. The van der Waals surface area contributed by atoms with Crippen molar-refractivity contribution in [1.29, 1.82) is 0 Å². The van der Waals surface area contributed by atoms with Crippen LogP contribution in [0.2, 0.25) is 0 Å². The first-order valence-electron chi connectivity index (χ1n) is 33.0. The van der Waals surface area contributed by atoms with Gasteiger partial charge in [-0.2, -0.15) is 0 Å². The van der Waals surface area contributed by atoms with E-state index in [9.17, 15) is 43.2 Å². The summed E-state index contributed by atoms with van der Waals surface area (Å²) >= 11 is 0. The molecule has 0 heterocycles. The second-order valence-corrected chi connectivity index (χ2v) is 26.7. The maximum absolute atomic E-state index is 13.0. The molecule has 0 amide bonds. The number of phosphoric ester groups is 2. The number of hydrogen-bond donors (Lipinski definition) is 3. The highest BCUT2D eigenvalue weighted by Gasteiger charge is 2.30. The third-order valence-electron chi connectivity index (χ3n) is 14.5. The molecule has 0 saturated heterocycles. The van der Waals surface area contributed by atoms with Gasteiger partial charge in [-0.05, 0) is 37.5 Å². The Morgan fingerprint density at radius 3 is 0.829 bits per heavy atom. The molecular formula is C63H122O17P2. The van der Waals surface area contributed by atoms with E-state index in [0.29, 0.717) is 25.7 Å². The summed E-state index contributed by atoms with van der Waals surface area (Å²) in [6, 6.07) is 0. The molecule has 0 aromatic carbocycles. The lowest BCUT2D eigenvalue weighted by Gasteiger charge is -2.21. The molecule has 82 heavy (non-hydrogen) atoms. The van der Waals surface area contributed by atoms with E-state index >= 15 is 0 Å². The molecule has 0 spiro atoms. The van der Waals surface area contributed by atoms with Gasteiger partial charge in [0.15, 0.2) is 12.2 Å². The number of aliphatic hydroxyl groups excluding tert-OH is 1. The van der Waals surface area contributed by atoms with E-state index in [1.54, 1.807) is 0 Å². The molecular weight excluding hydrogens is 1090 g/mol. The number of phosphoric acid groups is 2. The maximum atomic E-state index is 13.0. The number of rotatable bonds is 62. The first-order chi connectivity index (χ1) is 39.4. The van der Waals surface area contributed by atoms with Crippen LogP contribution in [-0.4, -0.2) is 96.7 Å². The quantitative estimate of drug-likeness (QED) is 0.0222. The molecule has 0 aliphatic heterocycles. The molecule has 0 saturated carbocycles. The van der Waals surface area contributed by atoms with Crippen molar-refractivity contribution in [3.8, 4) is 0 Å². The smallest absolute Gasteiger partial charge is 0.462 e. The molecule has 486 valence electrons. The Hall–Kier alpha value is -1.94. The van der Waals surface area contributed by atoms with Crippen molar-refractivity contribution in [2.45, 2.75) is 330 Å². The number of carbonyl (C=O) groups excluding carboxylic acids is 4. The largest absolute Gasteiger partial charge is 0.472 e. The zero-order valence-electron chi connectivity index (χ0n) is 52.8. The van der Waals surface area contributed by atoms with Crippen LogP contribution in [0.1, 0.15) is 311 Å². The standard InChI is InChI=1S/C63H122O17P2/c1-7-9-11-13-25-33-39-45-60(65)73-51-58(79-62(67)47-41-35-26-14-12-10-8-2)53-77-81(69,70)75-49-57(64)50-76-82(71,72)78-54-59(52-74-61(66)46-40-34-29-24-20-22-28-32-38-44-56(5)6)80-63(68)48-42-36-30-23-19-17-15-16-18-21-27-31-37-43-55(3)4/h55-59,64H,7-54H2,1-6H3,(H,69,70)(H,71,72)/t57-,58+,59+/m0/s1. The second-order valence-electron chi connectivity index (χ2n) is 23.7. The van der Waals surface area contributed by atoms with Gasteiger partial charge in [-0.1, -0.05) is 260 Å². The van der Waals surface area contributed by atoms with E-state index in [0.717, 1.165) is 127 Å². The highest BCUT2D eigenvalue weighted by molar-refractivity contribution is 7.47. The number of aliphatic hydroxyl groups is 1. The summed E-state index contributed by atoms with van der Waals surface area (Å²) < 4.78 is 67.8. The molecule has 3 N–H and O–H groups in total. The van der Waals surface area contributed by atoms with Gasteiger partial charge in [-0.15, -0.1) is 0 Å². The lowest BCUT2D eigenvalue weighted by atomic mass is 10.0. The topological polar surface area (TPSA) is 237 Å². The first kappa shape index (κ1) is 80.1. The zero-order chi connectivity index (χ0) is 60.8. The van der Waals surface area contributed by atoms with Crippen LogP contribution in [-0.2, 0) is 65.4 Å². The Kier molecular flexibility index (Phi) is 54.3. The number of ether oxygens (including phenoxy) is 4. The van der Waals surface area contributed by atoms with Gasteiger partial charge in [0.25, 0.3) is 0 Å². The summed E-state index contributed by atoms with van der Waals surface area (Å²) in [4.78, 5) is 71.9. The molecule has 0 radical (unpaired) electrons. The highest BCUT2D eigenvalue weighted by Crippen LogP contribution is 2.45. The van der Waals surface area contributed by atoms with Crippen molar-refractivity contribution < 1.29 is 80.2 Å². The molecule has 0 aromatic heterocycles. The minimum Gasteiger partial charge on any atom is -0.462 e. The number of carbonyl (C=O) groups is 4. The van der Waals surface area contributed by atoms with Crippen molar-refractivity contribution in [2.24, 2.45) is 11.8 Å². The summed E-state index contributed by atoms with van der Waals surface area (Å²) in [5.41, 5.74) is 0. The summed E-state index contributed by atoms with van der Waals surface area (Å²) in [6.07, 6.45) is 37.8. The molecule has 0 fully saturated rings. The molecule has 0 aromatic rings. The van der Waals surface area contributed by atoms with Crippen molar-refractivity contribution >= 4 is 39.5 Å². The number of unbranched alkanes of at least 4 members (excludes halogenated alkanes) is 32. The Morgan fingerprint density at radius 2 is 0.561 bits per heavy atom. The lowest BCUT2D eigenvalue weighted by Crippen LogP contribution is -2.30. The van der Waals surface area contributed by atoms with Crippen molar-refractivity contribution in [2.75, 3.05) is 39.6 Å². The lowest BCUT2D eigenvalue weighted by molar-refractivity contribution is -0.161. The molecule has 0 rings (SSSR count). The fourth-order valence-electron chi connectivity index (χ4n) is 9.35. The minimum absolute atomic E-state index is 0.103. The average molecular weight is 1210 g/mol. The van der Waals surface area contributed by atoms with Gasteiger partial charge >= 0.3 is 39.5 Å². The Bertz CT molecular complexity index is 1620. The number of hydrogen-bond acceptors (Lipinski definition) is 15. The van der Waals surface area contributed by atoms with Crippen molar-refractivity contribution in [3.05, 3.63) is 0 Å². The third-order valence-corrected chi connectivity index (χ3v) is 16.4. The van der Waals surface area contributed by atoms with E-state index in [1.807, 2.05) is 0 Å². The summed E-state index contributed by atoms with van der Waals surface area (Å²) in [5, 5.41) is 10.5. The van der Waals surface area contributed by atoms with E-state index in [1.165, 1.54) is 103 Å². The average Bonchev–Trinajstić information content (AvgIpc) is 3.43. The van der Waals surface area contributed by atoms with Gasteiger partial charge in [0.1, 0.15) is 19.3 Å². The second kappa shape index (κ2) is 55.6. The van der Waals surface area contributed by atoms with Crippen LogP contribution in [0.15, 0.2) is 0 Å². The minimum atomic E-state index is -4.94. The van der Waals surface area contributed by atoms with Gasteiger partial charge in [-0.3, -0.25) is 37.3 Å². The van der Waals surface area contributed by atoms with Gasteiger partial charge < -0.3 is 33.8 Å². The van der Waals surface area contributed by atoms with Crippen molar-refractivity contribution in [1.82, 2.24) is 0 Å². The molecule has 0 aliphatic rings. The maximum Gasteiger partial charge on any atom is 0.472 e. The summed E-state index contributed by atoms with van der Waals surface area (Å²) in [5.74, 6) is -0.613. The Balaban J connectivity index is 5.18. The van der Waals surface area contributed by atoms with Crippen LogP contribution in [0.25, 0.3) is 0 Å². The monoisotopic (exact) mass is 1210 g/mol. The van der Waals surface area contributed by atoms with Crippen LogP contribution in [0.5, 0.6) is 0 Å². The SMILES string of the molecule is CCCCCCCCCC(=O)OC[C@H](COP(=O)(O)OC[C@H](O)COP(=O)(O)OC[C@@H](COC(=O)CCCCCCCCCCCC(C)C)OC(=O)CCCCCCCCCCCCCCCC(C)C)OC(=O)CCCCCCCCC. The molecule has 19 heteroatoms. The third kappa shape index (κ3) is 57.2. The predicted molar refractivity (Wildman–Crippen MR) is 326 cm³/mol. The zero-order valence-corrected chi connectivity index (χ0v) is 54.6. The van der Waals surface area contributed by atoms with Gasteiger partial charge in [0.2, 0.25) is 0 Å². The Morgan fingerprint density at radius 1 is 0.329 bits per heavy atom. The highest BCUT2D eigenvalue weighted by atomic mass is 31.2. The molecule has 17 nitrogen and oxygen atoms in total. The van der Waals surface area contributed by atoms with Crippen LogP contribution in [0.3, 0.4) is 0 Å². The molecule has 2 unspecified atom stereocenters. The molecule has 0 bridgehead atoms.